The molecular formula is C20H20N6O. The third-order valence-electron chi connectivity index (χ3n) is 4.39. The Balaban J connectivity index is 1.60. The average molecular weight is 360 g/mol. The van der Waals surface area contributed by atoms with Crippen LogP contribution in [-0.4, -0.2) is 39.2 Å². The van der Waals surface area contributed by atoms with E-state index in [2.05, 4.69) is 21.5 Å². The van der Waals surface area contributed by atoms with Crippen molar-refractivity contribution in [1.29, 1.82) is 5.26 Å². The van der Waals surface area contributed by atoms with Gasteiger partial charge in [0.05, 0.1) is 23.9 Å². The lowest BCUT2D eigenvalue weighted by Crippen LogP contribution is -2.32. The van der Waals surface area contributed by atoms with Crippen LogP contribution in [0.5, 0.6) is 0 Å². The number of nitrogens with zero attached hydrogens (tertiary/aromatic N) is 5. The van der Waals surface area contributed by atoms with Gasteiger partial charge in [-0.15, -0.1) is 0 Å². The topological polar surface area (TPSA) is 86.8 Å². The minimum atomic E-state index is -0.126. The van der Waals surface area contributed by atoms with Crippen LogP contribution in [0.2, 0.25) is 0 Å². The zero-order chi connectivity index (χ0) is 19.2. The fraction of sp³-hybridized carbons (Fsp3) is 0.200. The summed E-state index contributed by atoms with van der Waals surface area (Å²) in [6.45, 7) is 2.29. The Labute approximate surface area is 157 Å². The lowest BCUT2D eigenvalue weighted by molar-refractivity contribution is -0.117. The highest BCUT2D eigenvalue weighted by Gasteiger charge is 2.15. The number of aromatic nitrogens is 3. The lowest BCUT2D eigenvalue weighted by Gasteiger charge is -2.24. The van der Waals surface area contributed by atoms with E-state index in [1.807, 2.05) is 43.1 Å². The summed E-state index contributed by atoms with van der Waals surface area (Å²) in [6.07, 6.45) is 3.14. The molecular weight excluding hydrogens is 340 g/mol. The number of amides is 1. The van der Waals surface area contributed by atoms with Crippen LogP contribution in [0.1, 0.15) is 24.1 Å². The summed E-state index contributed by atoms with van der Waals surface area (Å²) in [5.41, 5.74) is 3.17. The molecule has 0 fully saturated rings. The Morgan fingerprint density at radius 1 is 1.30 bits per heavy atom. The molecule has 1 atom stereocenters. The molecule has 1 aromatic heterocycles. The molecule has 27 heavy (non-hydrogen) atoms. The van der Waals surface area contributed by atoms with Crippen molar-refractivity contribution in [2.45, 2.75) is 13.0 Å². The molecule has 0 aliphatic rings. The number of likely N-dealkylation sites (N-methyl/N-ethyl adjacent to an activating group) is 1. The summed E-state index contributed by atoms with van der Waals surface area (Å²) in [5, 5.41) is 15.9. The molecule has 136 valence electrons. The van der Waals surface area contributed by atoms with Gasteiger partial charge >= 0.3 is 0 Å². The van der Waals surface area contributed by atoms with Gasteiger partial charge in [0, 0.05) is 11.7 Å². The van der Waals surface area contributed by atoms with Crippen LogP contribution in [0.25, 0.3) is 5.69 Å². The van der Waals surface area contributed by atoms with Crippen molar-refractivity contribution in [2.24, 2.45) is 0 Å². The van der Waals surface area contributed by atoms with Crippen LogP contribution < -0.4 is 5.32 Å². The van der Waals surface area contributed by atoms with Crippen molar-refractivity contribution in [1.82, 2.24) is 19.7 Å². The highest BCUT2D eigenvalue weighted by atomic mass is 16.2. The Morgan fingerprint density at radius 3 is 2.74 bits per heavy atom. The van der Waals surface area contributed by atoms with E-state index < -0.39 is 0 Å². The van der Waals surface area contributed by atoms with Gasteiger partial charge in [0.25, 0.3) is 0 Å². The van der Waals surface area contributed by atoms with Crippen LogP contribution in [0.3, 0.4) is 0 Å². The van der Waals surface area contributed by atoms with E-state index in [1.54, 1.807) is 35.3 Å². The number of hydrogen-bond acceptors (Lipinski definition) is 5. The quantitative estimate of drug-likeness (QED) is 0.730. The molecule has 3 rings (SSSR count). The minimum absolute atomic E-state index is 0.0611. The first-order valence-corrected chi connectivity index (χ1v) is 8.52. The maximum atomic E-state index is 12.3. The summed E-state index contributed by atoms with van der Waals surface area (Å²) in [5.74, 6) is -0.126. The maximum absolute atomic E-state index is 12.3. The van der Waals surface area contributed by atoms with Crippen LogP contribution >= 0.6 is 0 Å². The average Bonchev–Trinajstić information content (AvgIpc) is 3.22. The fourth-order valence-electron chi connectivity index (χ4n) is 2.73. The molecule has 0 radical (unpaired) electrons. The molecule has 0 unspecified atom stereocenters. The van der Waals surface area contributed by atoms with Gasteiger partial charge < -0.3 is 5.32 Å². The molecule has 1 N–H and O–H groups in total. The van der Waals surface area contributed by atoms with E-state index in [1.165, 1.54) is 6.33 Å². The molecule has 0 saturated heterocycles. The van der Waals surface area contributed by atoms with Crippen LogP contribution in [0.15, 0.2) is 61.2 Å². The lowest BCUT2D eigenvalue weighted by atomic mass is 10.1. The second-order valence-corrected chi connectivity index (χ2v) is 6.26. The molecule has 1 amide bonds. The molecule has 0 saturated carbocycles. The number of rotatable bonds is 6. The number of carbonyl (C=O) groups is 1. The first-order chi connectivity index (χ1) is 13.1. The van der Waals surface area contributed by atoms with Crippen LogP contribution in [0.4, 0.5) is 5.69 Å². The fourth-order valence-corrected chi connectivity index (χ4v) is 2.73. The standard InChI is InChI=1S/C20H20N6O/c1-15(17-6-8-19(9-7-17)26-14-22-13-23-26)25(2)12-20(27)24-18-5-3-4-16(10-18)11-21/h3-10,13-15H,12H2,1-2H3,(H,24,27)/t15-/m1/s1. The molecule has 0 spiro atoms. The third-order valence-corrected chi connectivity index (χ3v) is 4.39. The monoisotopic (exact) mass is 360 g/mol. The van der Waals surface area contributed by atoms with Crippen molar-refractivity contribution in [2.75, 3.05) is 18.9 Å². The summed E-state index contributed by atoms with van der Waals surface area (Å²) in [7, 11) is 1.90. The molecule has 7 nitrogen and oxygen atoms in total. The Kier molecular flexibility index (Phi) is 5.59. The second-order valence-electron chi connectivity index (χ2n) is 6.26. The van der Waals surface area contributed by atoms with Gasteiger partial charge in [0.2, 0.25) is 5.91 Å². The van der Waals surface area contributed by atoms with E-state index >= 15 is 0 Å². The predicted octanol–water partition coefficient (Wildman–Crippen LogP) is 2.77. The SMILES string of the molecule is C[C@H](c1ccc(-n2cncn2)cc1)N(C)CC(=O)Nc1cccc(C#N)c1. The predicted molar refractivity (Wildman–Crippen MR) is 102 cm³/mol. The van der Waals surface area contributed by atoms with E-state index in [9.17, 15) is 4.79 Å². The van der Waals surface area contributed by atoms with Crippen molar-refractivity contribution >= 4 is 11.6 Å². The van der Waals surface area contributed by atoms with Crippen molar-refractivity contribution in [3.63, 3.8) is 0 Å². The molecule has 2 aromatic carbocycles. The maximum Gasteiger partial charge on any atom is 0.238 e. The number of carbonyl (C=O) groups excluding carboxylic acids is 1. The molecule has 1 heterocycles. The normalized spacial score (nSPS) is 11.8. The zero-order valence-electron chi connectivity index (χ0n) is 15.2. The smallest absolute Gasteiger partial charge is 0.238 e. The summed E-state index contributed by atoms with van der Waals surface area (Å²) < 4.78 is 1.70. The highest BCUT2D eigenvalue weighted by molar-refractivity contribution is 5.92. The van der Waals surface area contributed by atoms with E-state index in [0.29, 0.717) is 11.3 Å². The Hall–Kier alpha value is -3.50. The molecule has 7 heteroatoms. The first kappa shape index (κ1) is 18.3. The van der Waals surface area contributed by atoms with E-state index in [0.717, 1.165) is 11.3 Å². The number of benzene rings is 2. The minimum Gasteiger partial charge on any atom is -0.325 e. The molecule has 3 aromatic rings. The zero-order valence-corrected chi connectivity index (χ0v) is 15.2. The number of nitriles is 1. The van der Waals surface area contributed by atoms with Crippen molar-refractivity contribution in [3.8, 4) is 11.8 Å². The van der Waals surface area contributed by atoms with Gasteiger partial charge in [-0.2, -0.15) is 10.4 Å². The number of hydrogen-bond donors (Lipinski definition) is 1. The van der Waals surface area contributed by atoms with Gasteiger partial charge in [-0.25, -0.2) is 9.67 Å². The van der Waals surface area contributed by atoms with Crippen LogP contribution in [0, 0.1) is 11.3 Å². The molecule has 0 aliphatic heterocycles. The van der Waals surface area contributed by atoms with E-state index in [-0.39, 0.29) is 18.5 Å². The van der Waals surface area contributed by atoms with Crippen molar-refractivity contribution < 1.29 is 4.79 Å². The highest BCUT2D eigenvalue weighted by Crippen LogP contribution is 2.20. The van der Waals surface area contributed by atoms with E-state index in [4.69, 9.17) is 5.26 Å². The number of nitrogens with one attached hydrogen (secondary N) is 1. The summed E-state index contributed by atoms with van der Waals surface area (Å²) in [6, 6.07) is 17.0. The summed E-state index contributed by atoms with van der Waals surface area (Å²) >= 11 is 0. The third kappa shape index (κ3) is 4.57. The van der Waals surface area contributed by atoms with Gasteiger partial charge in [0.1, 0.15) is 12.7 Å². The Morgan fingerprint density at radius 2 is 2.07 bits per heavy atom. The van der Waals surface area contributed by atoms with Crippen LogP contribution in [-0.2, 0) is 4.79 Å². The largest absolute Gasteiger partial charge is 0.325 e. The summed E-state index contributed by atoms with van der Waals surface area (Å²) in [4.78, 5) is 18.2. The second kappa shape index (κ2) is 8.25. The molecule has 0 aliphatic carbocycles. The van der Waals surface area contributed by atoms with Gasteiger partial charge in [0.15, 0.2) is 0 Å². The van der Waals surface area contributed by atoms with Gasteiger partial charge in [-0.3, -0.25) is 9.69 Å². The number of anilines is 1. The first-order valence-electron chi connectivity index (χ1n) is 8.52. The van der Waals surface area contributed by atoms with Gasteiger partial charge in [-0.05, 0) is 49.9 Å². The van der Waals surface area contributed by atoms with Gasteiger partial charge in [-0.1, -0.05) is 18.2 Å². The molecule has 0 bridgehead atoms. The van der Waals surface area contributed by atoms with Crippen molar-refractivity contribution in [3.05, 3.63) is 72.3 Å². The Bertz CT molecular complexity index is 943.